The highest BCUT2D eigenvalue weighted by atomic mass is 35.5. The Balaban J connectivity index is 2.25. The molecule has 0 aromatic heterocycles. The fourth-order valence-electron chi connectivity index (χ4n) is 1.81. The number of ether oxygens (including phenoxy) is 1. The molecule has 21 heavy (non-hydrogen) atoms. The molecule has 0 unspecified atom stereocenters. The quantitative estimate of drug-likeness (QED) is 0.319. The highest BCUT2D eigenvalue weighted by Crippen LogP contribution is 2.25. The van der Waals surface area contributed by atoms with Crippen LogP contribution in [0.4, 0.5) is 5.69 Å². The van der Waals surface area contributed by atoms with E-state index >= 15 is 0 Å². The molecule has 0 aliphatic carbocycles. The Kier molecular flexibility index (Phi) is 4.88. The summed E-state index contributed by atoms with van der Waals surface area (Å²) in [6, 6.07) is 4.38. The number of anilines is 1. The van der Waals surface area contributed by atoms with Crippen LogP contribution in [0.25, 0.3) is 0 Å². The van der Waals surface area contributed by atoms with Crippen LogP contribution < -0.4 is 10.5 Å². The lowest BCUT2D eigenvalue weighted by atomic mass is 10.2. The van der Waals surface area contributed by atoms with E-state index in [1.165, 1.54) is 22.5 Å². The number of rotatable bonds is 4. The molecule has 0 amide bonds. The van der Waals surface area contributed by atoms with E-state index in [4.69, 9.17) is 27.3 Å². The third-order valence-corrected chi connectivity index (χ3v) is 4.77. The molecule has 1 saturated heterocycles. The van der Waals surface area contributed by atoms with Crippen molar-refractivity contribution in [3.8, 4) is 0 Å². The van der Waals surface area contributed by atoms with Crippen LogP contribution in [0.5, 0.6) is 0 Å². The first kappa shape index (κ1) is 15.8. The van der Waals surface area contributed by atoms with E-state index in [9.17, 15) is 8.42 Å². The molecular weight excluding hydrogens is 320 g/mol. The molecule has 1 aromatic carbocycles. The van der Waals surface area contributed by atoms with Gasteiger partial charge in [-0.25, -0.2) is 0 Å². The van der Waals surface area contributed by atoms with Crippen molar-refractivity contribution in [3.05, 3.63) is 28.8 Å². The molecule has 10 heteroatoms. The molecule has 2 rings (SSSR count). The highest BCUT2D eigenvalue weighted by Gasteiger charge is 2.25. The lowest BCUT2D eigenvalue weighted by Crippen LogP contribution is -2.43. The Morgan fingerprint density at radius 1 is 1.43 bits per heavy atom. The van der Waals surface area contributed by atoms with Crippen LogP contribution in [-0.2, 0) is 14.9 Å². The number of oxime groups is 1. The Bertz CT molecular complexity index is 644. The summed E-state index contributed by atoms with van der Waals surface area (Å²) in [5, 5.41) is 11.7. The van der Waals surface area contributed by atoms with E-state index in [-0.39, 0.29) is 29.6 Å². The van der Waals surface area contributed by atoms with E-state index in [0.717, 1.165) is 0 Å². The summed E-state index contributed by atoms with van der Waals surface area (Å²) >= 11 is 5.98. The molecule has 8 nitrogen and oxygen atoms in total. The normalized spacial score (nSPS) is 17.7. The molecule has 1 heterocycles. The van der Waals surface area contributed by atoms with Gasteiger partial charge in [-0.3, -0.25) is 4.72 Å². The Labute approximate surface area is 127 Å². The Morgan fingerprint density at radius 2 is 2.10 bits per heavy atom. The van der Waals surface area contributed by atoms with Gasteiger partial charge in [0.1, 0.15) is 0 Å². The van der Waals surface area contributed by atoms with Crippen molar-refractivity contribution in [3.63, 3.8) is 0 Å². The first-order valence-electron chi connectivity index (χ1n) is 6.07. The number of halogens is 1. The molecule has 0 spiro atoms. The molecule has 116 valence electrons. The maximum atomic E-state index is 12.2. The number of nitrogens with two attached hydrogens (primary N) is 1. The summed E-state index contributed by atoms with van der Waals surface area (Å²) in [5.74, 6) is -0.140. The van der Waals surface area contributed by atoms with Crippen molar-refractivity contribution < 1.29 is 18.4 Å². The Hall–Kier alpha value is -1.55. The van der Waals surface area contributed by atoms with Crippen LogP contribution in [0.2, 0.25) is 5.02 Å². The maximum absolute atomic E-state index is 12.2. The SMILES string of the molecule is N/C(=N/O)c1ccc(Cl)c(NS(=O)(=O)N2CCOCC2)c1. The number of nitrogens with one attached hydrogen (secondary N) is 1. The molecule has 4 N–H and O–H groups in total. The molecular formula is C11H15ClN4O4S. The lowest BCUT2D eigenvalue weighted by molar-refractivity contribution is 0.0733. The molecule has 0 radical (unpaired) electrons. The van der Waals surface area contributed by atoms with Crippen molar-refractivity contribution in [2.24, 2.45) is 10.9 Å². The van der Waals surface area contributed by atoms with Gasteiger partial charge in [-0.15, -0.1) is 0 Å². The Morgan fingerprint density at radius 3 is 2.71 bits per heavy atom. The van der Waals surface area contributed by atoms with Crippen LogP contribution in [0, 0.1) is 0 Å². The molecule has 0 saturated carbocycles. The van der Waals surface area contributed by atoms with E-state index in [2.05, 4.69) is 9.88 Å². The summed E-state index contributed by atoms with van der Waals surface area (Å²) in [4.78, 5) is 0. The van der Waals surface area contributed by atoms with E-state index < -0.39 is 10.2 Å². The fraction of sp³-hybridized carbons (Fsp3) is 0.364. The molecule has 1 aliphatic rings. The number of morpholine rings is 1. The third kappa shape index (κ3) is 3.76. The maximum Gasteiger partial charge on any atom is 0.301 e. The summed E-state index contributed by atoms with van der Waals surface area (Å²) in [5.41, 5.74) is 5.98. The number of nitrogens with zero attached hydrogens (tertiary/aromatic N) is 2. The molecule has 1 fully saturated rings. The minimum absolute atomic E-state index is 0.140. The molecule has 0 bridgehead atoms. The molecule has 1 aromatic rings. The van der Waals surface area contributed by atoms with Crippen LogP contribution in [0.1, 0.15) is 5.56 Å². The van der Waals surface area contributed by atoms with Crippen molar-refractivity contribution in [2.45, 2.75) is 0 Å². The van der Waals surface area contributed by atoms with Crippen LogP contribution >= 0.6 is 11.6 Å². The van der Waals surface area contributed by atoms with Gasteiger partial charge in [0.25, 0.3) is 0 Å². The average molecular weight is 335 g/mol. The predicted molar refractivity (Wildman–Crippen MR) is 78.9 cm³/mol. The minimum atomic E-state index is -3.73. The van der Waals surface area contributed by atoms with Gasteiger partial charge in [0.05, 0.1) is 23.9 Å². The largest absolute Gasteiger partial charge is 0.409 e. The monoisotopic (exact) mass is 334 g/mol. The number of hydrogen-bond donors (Lipinski definition) is 3. The van der Waals surface area contributed by atoms with Gasteiger partial charge in [-0.05, 0) is 18.2 Å². The van der Waals surface area contributed by atoms with Crippen molar-refractivity contribution in [2.75, 3.05) is 31.0 Å². The van der Waals surface area contributed by atoms with Crippen molar-refractivity contribution in [1.29, 1.82) is 0 Å². The standard InChI is InChI=1S/C11H15ClN4O4S/c12-9-2-1-8(11(13)14-17)7-10(9)15-21(18,19)16-3-5-20-6-4-16/h1-2,7,15,17H,3-6H2,(H2,13,14). The van der Waals surface area contributed by atoms with Crippen LogP contribution in [0.15, 0.2) is 23.4 Å². The van der Waals surface area contributed by atoms with Gasteiger partial charge in [-0.2, -0.15) is 12.7 Å². The molecule has 1 aliphatic heterocycles. The van der Waals surface area contributed by atoms with Crippen molar-refractivity contribution >= 4 is 33.3 Å². The van der Waals surface area contributed by atoms with E-state index in [0.29, 0.717) is 18.8 Å². The molecule has 0 atom stereocenters. The van der Waals surface area contributed by atoms with Gasteiger partial charge in [0.15, 0.2) is 5.84 Å². The summed E-state index contributed by atoms with van der Waals surface area (Å²) in [6.45, 7) is 1.23. The summed E-state index contributed by atoms with van der Waals surface area (Å²) < 4.78 is 33.3. The fourth-order valence-corrected chi connectivity index (χ4v) is 3.24. The minimum Gasteiger partial charge on any atom is -0.409 e. The number of amidine groups is 1. The second-order valence-electron chi connectivity index (χ2n) is 4.30. The van der Waals surface area contributed by atoms with E-state index in [1.807, 2.05) is 0 Å². The van der Waals surface area contributed by atoms with Gasteiger partial charge in [0.2, 0.25) is 0 Å². The van der Waals surface area contributed by atoms with E-state index in [1.54, 1.807) is 0 Å². The van der Waals surface area contributed by atoms with Crippen LogP contribution in [0.3, 0.4) is 0 Å². The first-order valence-corrected chi connectivity index (χ1v) is 7.89. The summed E-state index contributed by atoms with van der Waals surface area (Å²) in [7, 11) is -3.73. The zero-order valence-electron chi connectivity index (χ0n) is 11.0. The highest BCUT2D eigenvalue weighted by molar-refractivity contribution is 7.90. The second-order valence-corrected chi connectivity index (χ2v) is 6.38. The smallest absolute Gasteiger partial charge is 0.301 e. The third-order valence-electron chi connectivity index (χ3n) is 2.92. The topological polar surface area (TPSA) is 117 Å². The average Bonchev–Trinajstić information content (AvgIpc) is 2.49. The van der Waals surface area contributed by atoms with Gasteiger partial charge in [0, 0.05) is 18.7 Å². The van der Waals surface area contributed by atoms with Gasteiger partial charge >= 0.3 is 10.2 Å². The van der Waals surface area contributed by atoms with Crippen molar-refractivity contribution in [1.82, 2.24) is 4.31 Å². The number of hydrogen-bond acceptors (Lipinski definition) is 5. The van der Waals surface area contributed by atoms with Crippen LogP contribution in [-0.4, -0.2) is 50.1 Å². The van der Waals surface area contributed by atoms with Gasteiger partial charge < -0.3 is 15.7 Å². The van der Waals surface area contributed by atoms with Gasteiger partial charge in [-0.1, -0.05) is 16.8 Å². The number of benzene rings is 1. The first-order chi connectivity index (χ1) is 9.94. The predicted octanol–water partition coefficient (Wildman–Crippen LogP) is 0.423. The lowest BCUT2D eigenvalue weighted by Gasteiger charge is -2.26. The second kappa shape index (κ2) is 6.48. The zero-order chi connectivity index (χ0) is 15.5. The zero-order valence-corrected chi connectivity index (χ0v) is 12.6. The summed E-state index contributed by atoms with van der Waals surface area (Å²) in [6.07, 6.45) is 0.